The van der Waals surface area contributed by atoms with Gasteiger partial charge < -0.3 is 13.7 Å². The van der Waals surface area contributed by atoms with Crippen molar-refractivity contribution in [1.29, 1.82) is 0 Å². The first-order chi connectivity index (χ1) is 14.4. The smallest absolute Gasteiger partial charge is 0.337 e. The highest BCUT2D eigenvalue weighted by atomic mass is 35.5. The molecule has 0 fully saturated rings. The standard InChI is InChI=1S/C20H15Cl2N3O5/c1-3-10-7-14(26)29-19-15(10)18(27)23-20(24-19)28-8-11-9(2)30-25-17(11)16-12(21)5-4-6-13(16)22/h4-7H,3,8H2,1-2H3,(H,23,24,27). The third-order valence-corrected chi connectivity index (χ3v) is 5.22. The zero-order chi connectivity index (χ0) is 21.4. The van der Waals surface area contributed by atoms with E-state index in [4.69, 9.17) is 36.9 Å². The number of benzene rings is 1. The van der Waals surface area contributed by atoms with E-state index in [-0.39, 0.29) is 23.7 Å². The molecule has 4 rings (SSSR count). The molecule has 0 radical (unpaired) electrons. The van der Waals surface area contributed by atoms with Gasteiger partial charge in [0.25, 0.3) is 11.6 Å². The summed E-state index contributed by atoms with van der Waals surface area (Å²) in [4.78, 5) is 30.9. The van der Waals surface area contributed by atoms with Crippen molar-refractivity contribution in [3.05, 3.63) is 72.0 Å². The molecule has 1 aromatic carbocycles. The van der Waals surface area contributed by atoms with Crippen LogP contribution in [-0.4, -0.2) is 15.1 Å². The molecule has 0 bridgehead atoms. The Morgan fingerprint density at radius 3 is 2.63 bits per heavy atom. The van der Waals surface area contributed by atoms with E-state index in [1.165, 1.54) is 6.07 Å². The van der Waals surface area contributed by atoms with Gasteiger partial charge >= 0.3 is 5.63 Å². The molecule has 0 saturated heterocycles. The maximum absolute atomic E-state index is 12.5. The van der Waals surface area contributed by atoms with E-state index >= 15 is 0 Å². The average Bonchev–Trinajstić information content (AvgIpc) is 3.05. The van der Waals surface area contributed by atoms with Crippen LogP contribution in [0.1, 0.15) is 23.8 Å². The quantitative estimate of drug-likeness (QED) is 0.485. The number of hydrogen-bond acceptors (Lipinski definition) is 7. The van der Waals surface area contributed by atoms with E-state index in [0.717, 1.165) is 0 Å². The summed E-state index contributed by atoms with van der Waals surface area (Å²) in [6.45, 7) is 3.50. The lowest BCUT2D eigenvalue weighted by Gasteiger charge is -2.08. The molecule has 1 N–H and O–H groups in total. The predicted molar refractivity (Wildman–Crippen MR) is 111 cm³/mol. The Kier molecular flexibility index (Phi) is 5.36. The first kappa shape index (κ1) is 20.2. The van der Waals surface area contributed by atoms with E-state index < -0.39 is 11.2 Å². The number of fused-ring (bicyclic) bond motifs is 1. The molecule has 30 heavy (non-hydrogen) atoms. The van der Waals surface area contributed by atoms with Crippen molar-refractivity contribution in [2.45, 2.75) is 26.9 Å². The summed E-state index contributed by atoms with van der Waals surface area (Å²) in [5, 5.41) is 5.07. The summed E-state index contributed by atoms with van der Waals surface area (Å²) in [6.07, 6.45) is 0.481. The summed E-state index contributed by atoms with van der Waals surface area (Å²) in [6, 6.07) is 6.26. The fourth-order valence-corrected chi connectivity index (χ4v) is 3.67. The Hall–Kier alpha value is -3.10. The second kappa shape index (κ2) is 7.97. The van der Waals surface area contributed by atoms with Crippen LogP contribution in [0, 0.1) is 6.92 Å². The molecule has 3 aromatic heterocycles. The molecule has 0 unspecified atom stereocenters. The van der Waals surface area contributed by atoms with Gasteiger partial charge in [-0.25, -0.2) is 4.79 Å². The number of aromatic amines is 1. The van der Waals surface area contributed by atoms with Crippen molar-refractivity contribution >= 4 is 34.3 Å². The van der Waals surface area contributed by atoms with Crippen LogP contribution < -0.4 is 15.9 Å². The molecule has 0 aliphatic rings. The Balaban J connectivity index is 1.72. The van der Waals surface area contributed by atoms with Crippen LogP contribution >= 0.6 is 23.2 Å². The monoisotopic (exact) mass is 447 g/mol. The van der Waals surface area contributed by atoms with Crippen molar-refractivity contribution in [2.75, 3.05) is 0 Å². The third kappa shape index (κ3) is 3.59. The van der Waals surface area contributed by atoms with Gasteiger partial charge in [-0.2, -0.15) is 4.98 Å². The number of nitrogens with zero attached hydrogens (tertiary/aromatic N) is 2. The average molecular weight is 448 g/mol. The minimum absolute atomic E-state index is 0.0433. The first-order valence-corrected chi connectivity index (χ1v) is 9.74. The SMILES string of the molecule is CCc1cc(=O)oc2nc(OCc3c(-c4c(Cl)cccc4Cl)noc3C)[nH]c(=O)c12. The van der Waals surface area contributed by atoms with Gasteiger partial charge in [-0.15, -0.1) is 0 Å². The van der Waals surface area contributed by atoms with E-state index in [1.807, 2.05) is 6.92 Å². The van der Waals surface area contributed by atoms with Crippen molar-refractivity contribution in [2.24, 2.45) is 0 Å². The molecule has 0 saturated carbocycles. The zero-order valence-electron chi connectivity index (χ0n) is 15.9. The minimum atomic E-state index is -0.589. The highest BCUT2D eigenvalue weighted by Crippen LogP contribution is 2.37. The second-order valence-corrected chi connectivity index (χ2v) is 7.26. The van der Waals surface area contributed by atoms with Crippen LogP contribution in [0.2, 0.25) is 10.0 Å². The number of hydrogen-bond donors (Lipinski definition) is 1. The van der Waals surface area contributed by atoms with Gasteiger partial charge in [0, 0.05) is 11.6 Å². The molecule has 8 nitrogen and oxygen atoms in total. The van der Waals surface area contributed by atoms with Gasteiger partial charge in [-0.1, -0.05) is 41.3 Å². The lowest BCUT2D eigenvalue weighted by atomic mass is 10.1. The van der Waals surface area contributed by atoms with Crippen molar-refractivity contribution in [3.63, 3.8) is 0 Å². The van der Waals surface area contributed by atoms with Crippen LogP contribution in [0.4, 0.5) is 0 Å². The maximum Gasteiger partial charge on any atom is 0.337 e. The number of ether oxygens (including phenoxy) is 1. The predicted octanol–water partition coefficient (Wildman–Crippen LogP) is 4.29. The lowest BCUT2D eigenvalue weighted by molar-refractivity contribution is 0.277. The number of H-pyrrole nitrogens is 1. The first-order valence-electron chi connectivity index (χ1n) is 8.98. The summed E-state index contributed by atoms with van der Waals surface area (Å²) >= 11 is 12.6. The van der Waals surface area contributed by atoms with Gasteiger partial charge in [-0.3, -0.25) is 9.78 Å². The van der Waals surface area contributed by atoms with Crippen LogP contribution in [0.25, 0.3) is 22.4 Å². The van der Waals surface area contributed by atoms with Gasteiger partial charge in [0.05, 0.1) is 15.6 Å². The molecule has 3 heterocycles. The number of aryl methyl sites for hydroxylation is 2. The Bertz CT molecular complexity index is 1350. The number of halogens is 2. The Morgan fingerprint density at radius 1 is 1.20 bits per heavy atom. The maximum atomic E-state index is 12.5. The fraction of sp³-hybridized carbons (Fsp3) is 0.200. The molecular formula is C20H15Cl2N3O5. The van der Waals surface area contributed by atoms with Gasteiger partial charge in [0.15, 0.2) is 0 Å². The summed E-state index contributed by atoms with van der Waals surface area (Å²) in [5.41, 5.74) is 0.917. The van der Waals surface area contributed by atoms with E-state index in [1.54, 1.807) is 25.1 Å². The zero-order valence-corrected chi connectivity index (χ0v) is 17.4. The minimum Gasteiger partial charge on any atom is -0.460 e. The normalized spacial score (nSPS) is 11.2. The van der Waals surface area contributed by atoms with Gasteiger partial charge in [0.1, 0.15) is 23.4 Å². The molecule has 10 heteroatoms. The summed E-state index contributed by atoms with van der Waals surface area (Å²) < 4.78 is 16.0. The van der Waals surface area contributed by atoms with Gasteiger partial charge in [-0.05, 0) is 31.0 Å². The lowest BCUT2D eigenvalue weighted by Crippen LogP contribution is -2.15. The largest absolute Gasteiger partial charge is 0.460 e. The summed E-state index contributed by atoms with van der Waals surface area (Å²) in [5.74, 6) is 0.490. The number of aromatic nitrogens is 3. The molecule has 0 aliphatic heterocycles. The third-order valence-electron chi connectivity index (χ3n) is 4.59. The van der Waals surface area contributed by atoms with Crippen molar-refractivity contribution in [3.8, 4) is 17.3 Å². The summed E-state index contributed by atoms with van der Waals surface area (Å²) in [7, 11) is 0. The number of nitrogens with one attached hydrogen (secondary N) is 1. The molecule has 154 valence electrons. The van der Waals surface area contributed by atoms with E-state index in [0.29, 0.717) is 44.6 Å². The fourth-order valence-electron chi connectivity index (χ4n) is 3.10. The second-order valence-electron chi connectivity index (χ2n) is 6.45. The van der Waals surface area contributed by atoms with Crippen LogP contribution in [-0.2, 0) is 13.0 Å². The highest BCUT2D eigenvalue weighted by Gasteiger charge is 2.21. The molecule has 4 aromatic rings. The van der Waals surface area contributed by atoms with Crippen LogP contribution in [0.3, 0.4) is 0 Å². The van der Waals surface area contributed by atoms with E-state index in [2.05, 4.69) is 15.1 Å². The topological polar surface area (TPSA) is 111 Å². The Labute approximate surface area is 179 Å². The highest BCUT2D eigenvalue weighted by molar-refractivity contribution is 6.39. The number of rotatable bonds is 5. The van der Waals surface area contributed by atoms with Crippen LogP contribution in [0.15, 0.2) is 42.8 Å². The van der Waals surface area contributed by atoms with Crippen molar-refractivity contribution < 1.29 is 13.7 Å². The molecular weight excluding hydrogens is 433 g/mol. The molecule has 0 aliphatic carbocycles. The van der Waals surface area contributed by atoms with Crippen LogP contribution in [0.5, 0.6) is 6.01 Å². The van der Waals surface area contributed by atoms with Gasteiger partial charge in [0.2, 0.25) is 5.71 Å². The molecule has 0 atom stereocenters. The van der Waals surface area contributed by atoms with Crippen molar-refractivity contribution in [1.82, 2.24) is 15.1 Å². The Morgan fingerprint density at radius 2 is 1.93 bits per heavy atom. The van der Waals surface area contributed by atoms with E-state index in [9.17, 15) is 9.59 Å². The molecule has 0 spiro atoms. The molecule has 0 amide bonds.